The lowest BCUT2D eigenvalue weighted by atomic mass is 9.90. The highest BCUT2D eigenvalue weighted by Crippen LogP contribution is 2.38. The summed E-state index contributed by atoms with van der Waals surface area (Å²) >= 11 is -1.74. The second-order valence-corrected chi connectivity index (χ2v) is 12.2. The van der Waals surface area contributed by atoms with E-state index in [4.69, 9.17) is 9.47 Å². The van der Waals surface area contributed by atoms with Crippen LogP contribution in [0.4, 0.5) is 22.0 Å². The number of nitrogens with zero attached hydrogens (tertiary/aromatic N) is 3. The van der Waals surface area contributed by atoms with E-state index in [9.17, 15) is 31.6 Å². The number of benzene rings is 2. The first-order valence-electron chi connectivity index (χ1n) is 12.3. The Kier molecular flexibility index (Phi) is 10.3. The van der Waals surface area contributed by atoms with Gasteiger partial charge < -0.3 is 19.1 Å². The van der Waals surface area contributed by atoms with Crippen LogP contribution in [0.3, 0.4) is 0 Å². The van der Waals surface area contributed by atoms with Crippen molar-refractivity contribution in [2.45, 2.75) is 46.3 Å². The van der Waals surface area contributed by atoms with Crippen molar-refractivity contribution >= 4 is 29.0 Å². The number of halogens is 5. The Morgan fingerprint density at radius 3 is 2.46 bits per heavy atom. The van der Waals surface area contributed by atoms with Crippen molar-refractivity contribution in [3.05, 3.63) is 96.1 Å². The van der Waals surface area contributed by atoms with Crippen LogP contribution in [0.25, 0.3) is 6.08 Å². The number of thioether (sulfide) groups is 1. The molecule has 3 aromatic rings. The lowest BCUT2D eigenvalue weighted by molar-refractivity contribution is -0.146. The van der Waals surface area contributed by atoms with Gasteiger partial charge in [0.05, 0.1) is 36.2 Å². The molecule has 1 saturated heterocycles. The van der Waals surface area contributed by atoms with E-state index < -0.39 is 45.5 Å². The number of alkyl halides is 3. The molecule has 0 spiro atoms. The van der Waals surface area contributed by atoms with Crippen molar-refractivity contribution in [2.24, 2.45) is 0 Å². The summed E-state index contributed by atoms with van der Waals surface area (Å²) < 4.78 is 90.3. The molecule has 2 aromatic carbocycles. The molecule has 14 heteroatoms. The van der Waals surface area contributed by atoms with E-state index in [1.54, 1.807) is 31.2 Å². The van der Waals surface area contributed by atoms with Crippen molar-refractivity contribution < 1.29 is 41.1 Å². The van der Waals surface area contributed by atoms with Crippen molar-refractivity contribution in [2.75, 3.05) is 13.2 Å². The smallest absolute Gasteiger partial charge is 0.578 e. The molecule has 3 atom stereocenters. The van der Waals surface area contributed by atoms with Gasteiger partial charge in [0.15, 0.2) is 11.2 Å². The summed E-state index contributed by atoms with van der Waals surface area (Å²) in [5.74, 6) is -1.63. The molecule has 0 radical (unpaired) electrons. The van der Waals surface area contributed by atoms with Crippen LogP contribution in [0.15, 0.2) is 78.2 Å². The Morgan fingerprint density at radius 2 is 1.85 bits per heavy atom. The fourth-order valence-corrected chi connectivity index (χ4v) is 6.05. The lowest BCUT2D eigenvalue weighted by Crippen LogP contribution is -2.43. The minimum absolute atomic E-state index is 0.0668. The van der Waals surface area contributed by atoms with E-state index in [0.717, 1.165) is 24.3 Å². The number of aliphatic hydroxyl groups is 1. The van der Waals surface area contributed by atoms with Crippen LogP contribution in [0, 0.1) is 11.6 Å². The molecular formula is C27H26F5N3O4S2. The Bertz CT molecular complexity index is 1330. The van der Waals surface area contributed by atoms with Gasteiger partial charge in [-0.2, -0.15) is 5.10 Å². The summed E-state index contributed by atoms with van der Waals surface area (Å²) in [6, 6.07) is 8.23. The number of hydrogen-bond donors (Lipinski definition) is 1. The second-order valence-electron chi connectivity index (χ2n) is 9.10. The molecule has 1 aliphatic rings. The molecule has 0 aliphatic carbocycles. The number of hydrogen-bond acceptors (Lipinski definition) is 7. The third kappa shape index (κ3) is 8.17. The molecule has 1 aliphatic heterocycles. The number of allylic oxidation sites excluding steroid dienone is 2. The van der Waals surface area contributed by atoms with E-state index in [2.05, 4.69) is 10.1 Å². The predicted molar refractivity (Wildman–Crippen MR) is 144 cm³/mol. The Morgan fingerprint density at radius 1 is 1.15 bits per heavy atom. The first-order valence-corrected chi connectivity index (χ1v) is 14.4. The van der Waals surface area contributed by atoms with Crippen LogP contribution in [-0.2, 0) is 32.8 Å². The molecule has 1 aromatic heterocycles. The predicted octanol–water partition coefficient (Wildman–Crippen LogP) is 5.20. The molecule has 7 nitrogen and oxygen atoms in total. The Labute approximate surface area is 240 Å². The fraction of sp³-hybridized carbons (Fsp3) is 0.333. The average molecular weight is 616 g/mol. The van der Waals surface area contributed by atoms with Crippen molar-refractivity contribution in [3.8, 4) is 0 Å². The molecular weight excluding hydrogens is 589 g/mol. The number of aromatic nitrogens is 3. The maximum absolute atomic E-state index is 14.7. The number of rotatable bonds is 10. The van der Waals surface area contributed by atoms with E-state index >= 15 is 0 Å². The van der Waals surface area contributed by atoms with Gasteiger partial charge >= 0.3 is 5.51 Å². The highest BCUT2D eigenvalue weighted by molar-refractivity contribution is 8.00. The minimum atomic E-state index is -4.81. The van der Waals surface area contributed by atoms with Crippen LogP contribution in [0.1, 0.15) is 18.1 Å². The third-order valence-electron chi connectivity index (χ3n) is 6.20. The van der Waals surface area contributed by atoms with Crippen LogP contribution in [0.2, 0.25) is 0 Å². The maximum atomic E-state index is 14.7. The molecule has 4 rings (SSSR count). The third-order valence-corrected chi connectivity index (χ3v) is 8.78. The Balaban J connectivity index is 1.31. The largest absolute Gasteiger partial charge is 0.604 e. The van der Waals surface area contributed by atoms with Crippen LogP contribution in [-0.4, -0.2) is 59.9 Å². The minimum Gasteiger partial charge on any atom is -0.604 e. The zero-order valence-electron chi connectivity index (χ0n) is 21.6. The second kappa shape index (κ2) is 13.5. The van der Waals surface area contributed by atoms with Gasteiger partial charge in [0, 0.05) is 16.9 Å². The molecule has 2 heterocycles. The monoisotopic (exact) mass is 615 g/mol. The van der Waals surface area contributed by atoms with Crippen molar-refractivity contribution in [3.63, 3.8) is 0 Å². The van der Waals surface area contributed by atoms with Gasteiger partial charge in [-0.25, -0.2) is 18.4 Å². The zero-order valence-corrected chi connectivity index (χ0v) is 23.2. The van der Waals surface area contributed by atoms with Gasteiger partial charge in [-0.05, 0) is 42.0 Å². The van der Waals surface area contributed by atoms with Crippen LogP contribution in [0.5, 0.6) is 0 Å². The summed E-state index contributed by atoms with van der Waals surface area (Å²) in [4.78, 5) is 3.54. The van der Waals surface area contributed by atoms with E-state index in [1.807, 2.05) is 0 Å². The van der Waals surface area contributed by atoms with E-state index in [-0.39, 0.29) is 35.5 Å². The normalized spacial score (nSPS) is 21.3. The molecule has 220 valence electrons. The molecule has 1 N–H and O–H groups in total. The highest BCUT2D eigenvalue weighted by atomic mass is 32.2. The van der Waals surface area contributed by atoms with E-state index in [1.165, 1.54) is 47.3 Å². The van der Waals surface area contributed by atoms with Gasteiger partial charge in [-0.1, -0.05) is 31.2 Å². The summed E-state index contributed by atoms with van der Waals surface area (Å²) in [7, 11) is 0. The average Bonchev–Trinajstić information content (AvgIpc) is 3.44. The maximum Gasteiger partial charge on any atom is 0.578 e. The van der Waals surface area contributed by atoms with Gasteiger partial charge in [0.25, 0.3) is 0 Å². The van der Waals surface area contributed by atoms with Crippen molar-refractivity contribution in [1.82, 2.24) is 14.8 Å². The van der Waals surface area contributed by atoms with Gasteiger partial charge in [0.2, 0.25) is 0 Å². The standard InChI is InChI=1S/C27H26F5N3O4S2/c1-18(26(36,15-35-17-33-16-34-35)23-11-8-20(28)12-24(23)29)40-21-13-38-25(39-14-21)5-3-2-4-19-6-9-22(10-7-19)41(37)27(30,31)32/h2-12,16-18,21,25,36H,13-15H2,1H3/b4-2+,5-3+. The summed E-state index contributed by atoms with van der Waals surface area (Å²) in [6.45, 7) is 2.17. The van der Waals surface area contributed by atoms with Gasteiger partial charge in [0.1, 0.15) is 29.9 Å². The SMILES string of the molecule is CC(SC1COC(/C=C/C=C/c2ccc([S+]([O-])C(F)(F)F)cc2)OC1)C(O)(Cn1cncn1)c1ccc(F)cc1F. The molecule has 0 bridgehead atoms. The molecule has 0 amide bonds. The van der Waals surface area contributed by atoms with E-state index in [0.29, 0.717) is 5.56 Å². The molecule has 3 unspecified atom stereocenters. The first kappa shape index (κ1) is 31.2. The lowest BCUT2D eigenvalue weighted by Gasteiger charge is -2.37. The molecule has 41 heavy (non-hydrogen) atoms. The summed E-state index contributed by atoms with van der Waals surface area (Å²) in [5.41, 5.74) is -6.01. The quantitative estimate of drug-likeness (QED) is 0.190. The van der Waals surface area contributed by atoms with Gasteiger partial charge in [-0.3, -0.25) is 0 Å². The topological polar surface area (TPSA) is 92.5 Å². The summed E-state index contributed by atoms with van der Waals surface area (Å²) in [5, 5.41) is 14.9. The van der Waals surface area contributed by atoms with Crippen LogP contribution < -0.4 is 0 Å². The first-order chi connectivity index (χ1) is 19.5. The van der Waals surface area contributed by atoms with Gasteiger partial charge in [-0.15, -0.1) is 24.9 Å². The van der Waals surface area contributed by atoms with Crippen LogP contribution >= 0.6 is 11.8 Å². The van der Waals surface area contributed by atoms with Crippen molar-refractivity contribution in [1.29, 1.82) is 0 Å². The molecule has 0 saturated carbocycles. The zero-order chi connectivity index (χ0) is 29.6. The molecule has 1 fully saturated rings. The highest BCUT2D eigenvalue weighted by Gasteiger charge is 2.46. The number of ether oxygens (including phenoxy) is 2. The fourth-order valence-electron chi connectivity index (χ4n) is 4.08. The Hall–Kier alpha value is -2.75. The summed E-state index contributed by atoms with van der Waals surface area (Å²) in [6.07, 6.45) is 8.68.